The molecule has 2 aliphatic rings. The van der Waals surface area contributed by atoms with Crippen LogP contribution in [0.1, 0.15) is 44.6 Å². The molecule has 0 amide bonds. The van der Waals surface area contributed by atoms with Crippen LogP contribution in [-0.4, -0.2) is 6.61 Å². The molecule has 0 radical (unpaired) electrons. The van der Waals surface area contributed by atoms with Crippen molar-refractivity contribution in [1.29, 1.82) is 0 Å². The van der Waals surface area contributed by atoms with Crippen LogP contribution in [0.2, 0.25) is 0 Å². The molecular formula is C18H24O. The third-order valence-electron chi connectivity index (χ3n) is 4.58. The fourth-order valence-corrected chi connectivity index (χ4v) is 3.61. The summed E-state index contributed by atoms with van der Waals surface area (Å²) in [6.07, 6.45) is 7.84. The zero-order valence-corrected chi connectivity index (χ0v) is 11.9. The van der Waals surface area contributed by atoms with Gasteiger partial charge in [-0.2, -0.15) is 0 Å². The van der Waals surface area contributed by atoms with Gasteiger partial charge in [0, 0.05) is 6.42 Å². The average molecular weight is 256 g/mol. The number of ether oxygens (including phenoxy) is 1. The highest BCUT2D eigenvalue weighted by Gasteiger charge is 2.47. The van der Waals surface area contributed by atoms with E-state index >= 15 is 0 Å². The average Bonchev–Trinajstić information content (AvgIpc) is 3.19. The minimum atomic E-state index is 0.813. The molecule has 0 aliphatic heterocycles. The maximum absolute atomic E-state index is 5.96. The molecule has 3 rings (SSSR count). The first-order valence-electron chi connectivity index (χ1n) is 7.79. The van der Waals surface area contributed by atoms with Gasteiger partial charge in [0.05, 0.1) is 12.4 Å². The second kappa shape index (κ2) is 5.81. The Morgan fingerprint density at radius 1 is 1.11 bits per heavy atom. The van der Waals surface area contributed by atoms with E-state index in [9.17, 15) is 0 Å². The molecule has 0 heterocycles. The highest BCUT2D eigenvalue weighted by molar-refractivity contribution is 5.34. The summed E-state index contributed by atoms with van der Waals surface area (Å²) in [5, 5.41) is 0. The minimum Gasteiger partial charge on any atom is -0.498 e. The molecule has 1 heteroatoms. The third kappa shape index (κ3) is 2.86. The number of allylic oxidation sites excluding steroid dienone is 2. The van der Waals surface area contributed by atoms with Gasteiger partial charge in [-0.25, -0.2) is 0 Å². The maximum atomic E-state index is 5.96. The Hall–Kier alpha value is -1.24. The van der Waals surface area contributed by atoms with Crippen LogP contribution in [0.5, 0.6) is 0 Å². The molecule has 2 saturated carbocycles. The molecule has 0 bridgehead atoms. The summed E-state index contributed by atoms with van der Waals surface area (Å²) < 4.78 is 5.96. The van der Waals surface area contributed by atoms with Crippen LogP contribution >= 0.6 is 0 Å². The van der Waals surface area contributed by atoms with Gasteiger partial charge in [0.2, 0.25) is 0 Å². The van der Waals surface area contributed by atoms with Crippen molar-refractivity contribution in [1.82, 2.24) is 0 Å². The Bertz CT molecular complexity index is 432. The normalized spacial score (nSPS) is 24.8. The van der Waals surface area contributed by atoms with Crippen LogP contribution in [0.4, 0.5) is 0 Å². The smallest absolute Gasteiger partial charge is 0.0960 e. The Morgan fingerprint density at radius 2 is 1.79 bits per heavy atom. The lowest BCUT2D eigenvalue weighted by Gasteiger charge is -2.09. The van der Waals surface area contributed by atoms with Crippen molar-refractivity contribution in [3.63, 3.8) is 0 Å². The van der Waals surface area contributed by atoms with Crippen LogP contribution in [0.3, 0.4) is 0 Å². The van der Waals surface area contributed by atoms with Crippen LogP contribution in [0.25, 0.3) is 0 Å². The lowest BCUT2D eigenvalue weighted by molar-refractivity contribution is 0.216. The lowest BCUT2D eigenvalue weighted by atomic mass is 10.0. The zero-order valence-electron chi connectivity index (χ0n) is 11.9. The lowest BCUT2D eigenvalue weighted by Crippen LogP contribution is -1.96. The highest BCUT2D eigenvalue weighted by Crippen LogP contribution is 2.56. The standard InChI is InChI=1S/C18H24O/c1-2-19-17(13-12-14-8-4-3-5-9-14)18-15-10-6-7-11-16(15)18/h3-5,8-9,15-16H,2,6-7,10-13H2,1H3. The Balaban J connectivity index is 1.67. The predicted octanol–water partition coefficient (Wildman–Crippen LogP) is 4.73. The second-order valence-corrected chi connectivity index (χ2v) is 5.79. The van der Waals surface area contributed by atoms with E-state index in [1.54, 1.807) is 5.57 Å². The molecule has 1 aromatic rings. The van der Waals surface area contributed by atoms with Crippen molar-refractivity contribution in [2.45, 2.75) is 45.4 Å². The minimum absolute atomic E-state index is 0.813. The summed E-state index contributed by atoms with van der Waals surface area (Å²) in [4.78, 5) is 0. The second-order valence-electron chi connectivity index (χ2n) is 5.79. The van der Waals surface area contributed by atoms with E-state index in [0.717, 1.165) is 31.3 Å². The van der Waals surface area contributed by atoms with Gasteiger partial charge in [0.15, 0.2) is 0 Å². The molecule has 1 nitrogen and oxygen atoms in total. The van der Waals surface area contributed by atoms with Gasteiger partial charge in [0.25, 0.3) is 0 Å². The fraction of sp³-hybridized carbons (Fsp3) is 0.556. The van der Waals surface area contributed by atoms with Gasteiger partial charge in [-0.1, -0.05) is 43.2 Å². The summed E-state index contributed by atoms with van der Waals surface area (Å²) in [5.41, 5.74) is 3.10. The van der Waals surface area contributed by atoms with Gasteiger partial charge in [-0.3, -0.25) is 0 Å². The number of hydrogen-bond donors (Lipinski definition) is 0. The molecule has 2 aliphatic carbocycles. The van der Waals surface area contributed by atoms with Crippen molar-refractivity contribution < 1.29 is 4.74 Å². The molecule has 0 N–H and O–H groups in total. The number of aryl methyl sites for hydroxylation is 1. The number of hydrogen-bond acceptors (Lipinski definition) is 1. The van der Waals surface area contributed by atoms with Crippen molar-refractivity contribution >= 4 is 0 Å². The summed E-state index contributed by atoms with van der Waals surface area (Å²) in [6.45, 7) is 2.92. The van der Waals surface area contributed by atoms with E-state index in [4.69, 9.17) is 4.74 Å². The van der Waals surface area contributed by atoms with Crippen molar-refractivity contribution in [2.75, 3.05) is 6.61 Å². The monoisotopic (exact) mass is 256 g/mol. The third-order valence-corrected chi connectivity index (χ3v) is 4.58. The predicted molar refractivity (Wildman–Crippen MR) is 78.9 cm³/mol. The Labute approximate surface area is 116 Å². The molecule has 1 aromatic carbocycles. The first kappa shape index (κ1) is 12.8. The van der Waals surface area contributed by atoms with Gasteiger partial charge in [-0.05, 0) is 49.2 Å². The molecule has 102 valence electrons. The summed E-state index contributed by atoms with van der Waals surface area (Å²) in [6, 6.07) is 10.8. The van der Waals surface area contributed by atoms with Gasteiger partial charge >= 0.3 is 0 Å². The molecule has 2 fully saturated rings. The first-order chi connectivity index (χ1) is 9.40. The van der Waals surface area contributed by atoms with Gasteiger partial charge < -0.3 is 4.74 Å². The largest absolute Gasteiger partial charge is 0.498 e. The van der Waals surface area contributed by atoms with E-state index in [0.29, 0.717) is 0 Å². The molecule has 0 saturated heterocycles. The topological polar surface area (TPSA) is 9.23 Å². The number of rotatable bonds is 5. The highest BCUT2D eigenvalue weighted by atomic mass is 16.5. The molecule has 0 aromatic heterocycles. The van der Waals surface area contributed by atoms with Gasteiger partial charge in [-0.15, -0.1) is 0 Å². The van der Waals surface area contributed by atoms with Crippen LogP contribution in [0.15, 0.2) is 41.7 Å². The number of benzene rings is 1. The molecule has 0 spiro atoms. The van der Waals surface area contributed by atoms with Crippen LogP contribution in [0, 0.1) is 11.8 Å². The van der Waals surface area contributed by atoms with E-state index in [1.807, 2.05) is 0 Å². The SMILES string of the molecule is CCOC(CCc1ccccc1)=C1C2CCCCC12. The van der Waals surface area contributed by atoms with Crippen LogP contribution in [-0.2, 0) is 11.2 Å². The van der Waals surface area contributed by atoms with E-state index in [1.165, 1.54) is 37.0 Å². The molecule has 2 atom stereocenters. The van der Waals surface area contributed by atoms with E-state index < -0.39 is 0 Å². The van der Waals surface area contributed by atoms with Crippen molar-refractivity contribution in [2.24, 2.45) is 11.8 Å². The quantitative estimate of drug-likeness (QED) is 0.692. The number of fused-ring (bicyclic) bond motifs is 1. The summed E-state index contributed by atoms with van der Waals surface area (Å²) >= 11 is 0. The fourth-order valence-electron chi connectivity index (χ4n) is 3.61. The van der Waals surface area contributed by atoms with Crippen molar-refractivity contribution in [3.8, 4) is 0 Å². The van der Waals surface area contributed by atoms with E-state index in [2.05, 4.69) is 37.3 Å². The Morgan fingerprint density at radius 3 is 2.42 bits per heavy atom. The molecular weight excluding hydrogens is 232 g/mol. The Kier molecular flexibility index (Phi) is 3.91. The van der Waals surface area contributed by atoms with Gasteiger partial charge in [0.1, 0.15) is 0 Å². The van der Waals surface area contributed by atoms with E-state index in [-0.39, 0.29) is 0 Å². The zero-order chi connectivity index (χ0) is 13.1. The maximum Gasteiger partial charge on any atom is 0.0960 e. The summed E-state index contributed by atoms with van der Waals surface area (Å²) in [5.74, 6) is 3.08. The van der Waals surface area contributed by atoms with Crippen molar-refractivity contribution in [3.05, 3.63) is 47.2 Å². The van der Waals surface area contributed by atoms with Crippen LogP contribution < -0.4 is 0 Å². The molecule has 19 heavy (non-hydrogen) atoms. The first-order valence-corrected chi connectivity index (χ1v) is 7.79. The molecule has 2 unspecified atom stereocenters. The summed E-state index contributed by atoms with van der Waals surface area (Å²) in [7, 11) is 0.